The Morgan fingerprint density at radius 2 is 1.43 bits per heavy atom. The van der Waals surface area contributed by atoms with Crippen LogP contribution in [0, 0.1) is 12.0 Å². The van der Waals surface area contributed by atoms with E-state index in [1.807, 2.05) is 42.7 Å². The van der Waals surface area contributed by atoms with Gasteiger partial charge in [0.25, 0.3) is 0 Å². The Kier molecular flexibility index (Phi) is 10.9. The zero-order valence-electron chi connectivity index (χ0n) is 23.0. The van der Waals surface area contributed by atoms with E-state index in [1.54, 1.807) is 0 Å². The number of nitrogens with zero attached hydrogens (tertiary/aromatic N) is 1. The molecule has 2 aromatic rings. The van der Waals surface area contributed by atoms with Crippen molar-refractivity contribution in [3.05, 3.63) is 65.7 Å². The molecule has 0 aliphatic carbocycles. The second kappa shape index (κ2) is 12.6. The first-order valence-electron chi connectivity index (χ1n) is 12.4. The molecule has 35 heavy (non-hydrogen) atoms. The number of ether oxygens (including phenoxy) is 1. The molecule has 1 fully saturated rings. The zero-order valence-corrected chi connectivity index (χ0v) is 26.3. The van der Waals surface area contributed by atoms with E-state index in [2.05, 4.69) is 85.0 Å². The predicted octanol–water partition coefficient (Wildman–Crippen LogP) is 9.54. The number of hydrogen-bond donors (Lipinski definition) is 0. The molecule has 0 spiro atoms. The second-order valence-corrected chi connectivity index (χ2v) is 17.2. The molecule has 5 heteroatoms. The van der Waals surface area contributed by atoms with Crippen LogP contribution in [0.2, 0.25) is 0 Å². The van der Waals surface area contributed by atoms with Gasteiger partial charge in [0.15, 0.2) is 0 Å². The van der Waals surface area contributed by atoms with Crippen LogP contribution in [0.25, 0.3) is 0 Å². The van der Waals surface area contributed by atoms with Crippen LogP contribution in [-0.4, -0.2) is 16.3 Å². The van der Waals surface area contributed by atoms with Crippen LogP contribution in [0.5, 0.6) is 5.75 Å². The minimum atomic E-state index is -1.77. The summed E-state index contributed by atoms with van der Waals surface area (Å²) in [6.07, 6.45) is 1.31. The first-order valence-corrected chi connectivity index (χ1v) is 17.9. The molecule has 1 aliphatic heterocycles. The van der Waals surface area contributed by atoms with Crippen molar-refractivity contribution in [3.8, 4) is 5.75 Å². The second-order valence-electron chi connectivity index (χ2n) is 11.4. The molecule has 2 nitrogen and oxygen atoms in total. The molecule has 0 aromatic heterocycles. The fourth-order valence-corrected chi connectivity index (χ4v) is 6.60. The molecule has 0 amide bonds. The topological polar surface area (TPSA) is 12.5 Å². The van der Waals surface area contributed by atoms with Crippen molar-refractivity contribution in [1.29, 1.82) is 0 Å². The third-order valence-electron chi connectivity index (χ3n) is 5.93. The van der Waals surface area contributed by atoms with E-state index in [-0.39, 0.29) is 17.1 Å². The van der Waals surface area contributed by atoms with Crippen molar-refractivity contribution in [2.45, 2.75) is 99.1 Å². The van der Waals surface area contributed by atoms with Crippen molar-refractivity contribution in [2.24, 2.45) is 5.41 Å². The Labute approximate surface area is 227 Å². The van der Waals surface area contributed by atoms with E-state index in [9.17, 15) is 0 Å². The molecule has 3 rings (SSSR count). The summed E-state index contributed by atoms with van der Waals surface area (Å²) < 4.78 is 7.51. The largest absolute Gasteiger partial charge is 0.355 e. The minimum absolute atomic E-state index is 0.123. The molecule has 0 unspecified atom stereocenters. The van der Waals surface area contributed by atoms with E-state index >= 15 is 0 Å². The summed E-state index contributed by atoms with van der Waals surface area (Å²) in [7, 11) is 11.6. The Hall–Kier alpha value is -0.887. The quantitative estimate of drug-likeness (QED) is 0.304. The smallest absolute Gasteiger partial charge is 0.0980 e. The molecule has 2 radical (unpaired) electrons. The summed E-state index contributed by atoms with van der Waals surface area (Å²) in [6.45, 7) is 26.2. The first-order chi connectivity index (χ1) is 16.1. The van der Waals surface area contributed by atoms with Gasteiger partial charge in [0.1, 0.15) is 0 Å². The maximum atomic E-state index is 5.82. The maximum absolute atomic E-state index is 5.82. The van der Waals surface area contributed by atoms with Gasteiger partial charge in [-0.25, -0.2) is 0 Å². The van der Waals surface area contributed by atoms with Crippen LogP contribution < -0.4 is 9.64 Å². The van der Waals surface area contributed by atoms with Crippen molar-refractivity contribution in [1.82, 2.24) is 0 Å². The van der Waals surface area contributed by atoms with Gasteiger partial charge in [-0.05, 0) is 48.6 Å². The number of anilines is 1. The van der Waals surface area contributed by atoms with Gasteiger partial charge in [-0.2, -0.15) is 0 Å². The van der Waals surface area contributed by atoms with E-state index in [0.717, 1.165) is 17.7 Å². The predicted molar refractivity (Wildman–Crippen MR) is 152 cm³/mol. The molecule has 1 saturated heterocycles. The Bertz CT molecular complexity index is 981. The van der Waals surface area contributed by atoms with Crippen molar-refractivity contribution >= 4 is 29.7 Å². The average Bonchev–Trinajstić information content (AvgIpc) is 2.95. The monoisotopic (exact) mass is 605 g/mol. The Morgan fingerprint density at radius 3 is 1.86 bits per heavy atom. The SMILES string of the molecule is CC(C)Oc1ccccc1[CH]=[Ru]([Cl])[Cl].CC(C)c1cccc(C(C)C)c1N1[C]C(C)(C)CC1(C)C. The van der Waals surface area contributed by atoms with Crippen molar-refractivity contribution in [2.75, 3.05) is 4.90 Å². The minimum Gasteiger partial charge on any atom is -0.355 e. The molecule has 1 aliphatic rings. The molecule has 1 heterocycles. The first kappa shape index (κ1) is 30.3. The number of rotatable bonds is 6. The maximum Gasteiger partial charge on any atom is 0.0980 e. The van der Waals surface area contributed by atoms with E-state index in [1.165, 1.54) is 16.8 Å². The number of hydrogen-bond acceptors (Lipinski definition) is 2. The molecule has 0 N–H and O–H groups in total. The van der Waals surface area contributed by atoms with Crippen LogP contribution in [-0.2, 0) is 13.5 Å². The van der Waals surface area contributed by atoms with Gasteiger partial charge < -0.3 is 4.90 Å². The molecule has 0 saturated carbocycles. The van der Waals surface area contributed by atoms with Crippen LogP contribution in [0.4, 0.5) is 5.69 Å². The fraction of sp³-hybridized carbons (Fsp3) is 0.533. The van der Waals surface area contributed by atoms with Crippen LogP contribution in [0.15, 0.2) is 42.5 Å². The zero-order chi connectivity index (χ0) is 26.6. The molecule has 0 bridgehead atoms. The number of halogens is 2. The van der Waals surface area contributed by atoms with Gasteiger partial charge in [-0.15, -0.1) is 0 Å². The van der Waals surface area contributed by atoms with Gasteiger partial charge in [0.05, 0.1) is 6.54 Å². The van der Waals surface area contributed by atoms with Crippen LogP contribution >= 0.6 is 19.4 Å². The van der Waals surface area contributed by atoms with Gasteiger partial charge in [-0.3, -0.25) is 0 Å². The van der Waals surface area contributed by atoms with Crippen LogP contribution in [0.1, 0.15) is 104 Å². The average molecular weight is 606 g/mol. The normalized spacial score (nSPS) is 16.9. The van der Waals surface area contributed by atoms with Crippen molar-refractivity contribution in [3.63, 3.8) is 0 Å². The summed E-state index contributed by atoms with van der Waals surface area (Å²) in [6, 6.07) is 14.6. The van der Waals surface area contributed by atoms with Gasteiger partial charge in [0.2, 0.25) is 0 Å². The molecule has 2 aromatic carbocycles. The van der Waals surface area contributed by atoms with Crippen LogP contribution in [0.3, 0.4) is 0 Å². The number of para-hydroxylation sites is 2. The molecule has 196 valence electrons. The van der Waals surface area contributed by atoms with Gasteiger partial charge >= 0.3 is 97.8 Å². The molecular formula is C30H43Cl2NORu. The van der Waals surface area contributed by atoms with Crippen molar-refractivity contribution < 1.29 is 18.3 Å². The fourth-order valence-electron chi connectivity index (χ4n) is 4.79. The number of benzene rings is 2. The van der Waals surface area contributed by atoms with E-state index in [4.69, 9.17) is 24.1 Å². The summed E-state index contributed by atoms with van der Waals surface area (Å²) in [5.74, 6) is 1.91. The van der Waals surface area contributed by atoms with Gasteiger partial charge in [0, 0.05) is 11.2 Å². The summed E-state index contributed by atoms with van der Waals surface area (Å²) >= 11 is -1.77. The van der Waals surface area contributed by atoms with E-state index in [0.29, 0.717) is 11.8 Å². The summed E-state index contributed by atoms with van der Waals surface area (Å²) in [5.41, 5.74) is 5.54. The third-order valence-corrected chi connectivity index (χ3v) is 7.76. The van der Waals surface area contributed by atoms with E-state index < -0.39 is 13.5 Å². The third kappa shape index (κ3) is 8.58. The summed E-state index contributed by atoms with van der Waals surface area (Å²) in [5, 5.41) is 0. The molecular weight excluding hydrogens is 562 g/mol. The molecule has 0 atom stereocenters. The van der Waals surface area contributed by atoms with Gasteiger partial charge in [-0.1, -0.05) is 59.7 Å². The Balaban J connectivity index is 0.000000269. The standard InChI is InChI=1S/C20H31N.C10H12O.2ClH.Ru/c1-14(2)16-10-9-11-17(15(3)4)18(16)21-13-19(5,6)12-20(21,7)8;1-8(2)11-10-7-5-4-6-9(10)3;;;/h9-11,14-15H,12H2,1-8H3;3-8H,1-2H3;2*1H;/q;;;;+2/p-2. The Morgan fingerprint density at radius 1 is 0.886 bits per heavy atom. The summed E-state index contributed by atoms with van der Waals surface area (Å²) in [4.78, 5) is 2.44.